The molecule has 0 aliphatic heterocycles. The zero-order valence-corrected chi connectivity index (χ0v) is 27.3. The quantitative estimate of drug-likeness (QED) is 0.174. The highest BCUT2D eigenvalue weighted by Crippen LogP contribution is 2.37. The van der Waals surface area contributed by atoms with E-state index in [1.165, 1.54) is 33.4 Å². The number of anilines is 3. The molecule has 0 N–H and O–H groups in total. The van der Waals surface area contributed by atoms with E-state index in [9.17, 15) is 0 Å². The molecule has 0 aliphatic rings. The van der Waals surface area contributed by atoms with Crippen LogP contribution >= 0.6 is 0 Å². The molecular formula is C47H32N2O. The van der Waals surface area contributed by atoms with Crippen molar-refractivity contribution in [2.75, 3.05) is 4.90 Å². The Bertz CT molecular complexity index is 2540. The fraction of sp³-hybridized carbons (Fsp3) is 0. The average Bonchev–Trinajstić information content (AvgIpc) is 3.65. The van der Waals surface area contributed by atoms with E-state index in [1.54, 1.807) is 0 Å². The molecule has 236 valence electrons. The molecule has 3 nitrogen and oxygen atoms in total. The highest BCUT2D eigenvalue weighted by Gasteiger charge is 2.14. The molecule has 0 aliphatic carbocycles. The standard InChI is InChI=1S/C47H32N2O/c1-4-10-33(11-5-1)35-20-26-42(27-21-35)49(41-14-8-3-9-15-41)43-28-22-36(23-29-43)34-16-18-37(19-17-34)39-24-30-44-40(32-39)25-31-45-46(44)50-47(48-45)38-12-6-2-7-13-38/h1-32H. The summed E-state index contributed by atoms with van der Waals surface area (Å²) in [4.78, 5) is 7.04. The number of hydrogen-bond acceptors (Lipinski definition) is 3. The van der Waals surface area contributed by atoms with Crippen LogP contribution in [0.25, 0.3) is 66.7 Å². The maximum atomic E-state index is 6.26. The minimum absolute atomic E-state index is 0.645. The summed E-state index contributed by atoms with van der Waals surface area (Å²) in [5.74, 6) is 0.645. The van der Waals surface area contributed by atoms with E-state index in [0.29, 0.717) is 5.89 Å². The Labute approximate surface area is 291 Å². The average molecular weight is 641 g/mol. The zero-order valence-electron chi connectivity index (χ0n) is 27.3. The van der Waals surface area contributed by atoms with Crippen LogP contribution < -0.4 is 4.90 Å². The SMILES string of the molecule is c1ccc(-c2ccc(N(c3ccccc3)c3ccc(-c4ccc(-c5ccc6c(ccc7nc(-c8ccccc8)oc76)c5)cc4)cc3)cc2)cc1. The topological polar surface area (TPSA) is 29.3 Å². The number of fused-ring (bicyclic) bond motifs is 3. The minimum atomic E-state index is 0.645. The molecular weight excluding hydrogens is 609 g/mol. The molecule has 9 aromatic rings. The molecule has 8 aromatic carbocycles. The molecule has 0 spiro atoms. The molecule has 0 fully saturated rings. The van der Waals surface area contributed by atoms with E-state index in [1.807, 2.05) is 36.4 Å². The van der Waals surface area contributed by atoms with Crippen LogP contribution in [0.4, 0.5) is 17.1 Å². The smallest absolute Gasteiger partial charge is 0.227 e. The van der Waals surface area contributed by atoms with Gasteiger partial charge >= 0.3 is 0 Å². The van der Waals surface area contributed by atoms with E-state index in [4.69, 9.17) is 9.40 Å². The Morgan fingerprint density at radius 2 is 0.800 bits per heavy atom. The van der Waals surface area contributed by atoms with Gasteiger partial charge in [0.15, 0.2) is 5.58 Å². The first kappa shape index (κ1) is 29.4. The van der Waals surface area contributed by atoms with Crippen molar-refractivity contribution in [2.45, 2.75) is 0 Å². The number of para-hydroxylation sites is 1. The van der Waals surface area contributed by atoms with Gasteiger partial charge in [0.1, 0.15) is 5.52 Å². The Balaban J connectivity index is 0.979. The van der Waals surface area contributed by atoms with Gasteiger partial charge in [0.25, 0.3) is 0 Å². The number of benzene rings is 8. The summed E-state index contributed by atoms with van der Waals surface area (Å²) in [7, 11) is 0. The van der Waals surface area contributed by atoms with Crippen molar-refractivity contribution in [1.29, 1.82) is 0 Å². The summed E-state index contributed by atoms with van der Waals surface area (Å²) in [5.41, 5.74) is 13.1. The van der Waals surface area contributed by atoms with Gasteiger partial charge in [-0.05, 0) is 105 Å². The molecule has 0 saturated carbocycles. The van der Waals surface area contributed by atoms with Gasteiger partial charge in [-0.25, -0.2) is 4.98 Å². The van der Waals surface area contributed by atoms with Crippen LogP contribution in [-0.2, 0) is 0 Å². The molecule has 0 atom stereocenters. The van der Waals surface area contributed by atoms with Crippen LogP contribution in [-0.4, -0.2) is 4.98 Å². The maximum absolute atomic E-state index is 6.26. The second kappa shape index (κ2) is 12.7. The number of nitrogens with zero attached hydrogens (tertiary/aromatic N) is 2. The van der Waals surface area contributed by atoms with E-state index in [-0.39, 0.29) is 0 Å². The van der Waals surface area contributed by atoms with E-state index in [2.05, 4.69) is 163 Å². The summed E-state index contributed by atoms with van der Waals surface area (Å²) < 4.78 is 6.26. The normalized spacial score (nSPS) is 11.2. The van der Waals surface area contributed by atoms with Crippen LogP contribution in [0, 0.1) is 0 Å². The van der Waals surface area contributed by atoms with Crippen LogP contribution in [0.2, 0.25) is 0 Å². The molecule has 0 amide bonds. The first-order valence-electron chi connectivity index (χ1n) is 16.9. The van der Waals surface area contributed by atoms with Gasteiger partial charge in [0.05, 0.1) is 0 Å². The molecule has 50 heavy (non-hydrogen) atoms. The highest BCUT2D eigenvalue weighted by atomic mass is 16.3. The lowest BCUT2D eigenvalue weighted by molar-refractivity contribution is 0.623. The molecule has 9 rings (SSSR count). The summed E-state index contributed by atoms with van der Waals surface area (Å²) in [6, 6.07) is 68.2. The summed E-state index contributed by atoms with van der Waals surface area (Å²) in [6.45, 7) is 0. The number of aromatic nitrogens is 1. The summed E-state index contributed by atoms with van der Waals surface area (Å²) in [6.07, 6.45) is 0. The fourth-order valence-electron chi connectivity index (χ4n) is 6.71. The third-order valence-corrected chi connectivity index (χ3v) is 9.32. The molecule has 3 heteroatoms. The molecule has 1 heterocycles. The predicted octanol–water partition coefficient (Wildman–Crippen LogP) is 13.1. The molecule has 0 unspecified atom stereocenters. The third-order valence-electron chi connectivity index (χ3n) is 9.32. The number of rotatable bonds is 7. The van der Waals surface area contributed by atoms with Crippen LogP contribution in [0.5, 0.6) is 0 Å². The van der Waals surface area contributed by atoms with Crippen molar-refractivity contribution >= 4 is 38.9 Å². The number of oxazole rings is 1. The first-order chi connectivity index (χ1) is 24.8. The largest absolute Gasteiger partial charge is 0.435 e. The molecule has 0 bridgehead atoms. The monoisotopic (exact) mass is 640 g/mol. The van der Waals surface area contributed by atoms with Gasteiger partial charge < -0.3 is 9.32 Å². The van der Waals surface area contributed by atoms with Crippen molar-refractivity contribution in [3.8, 4) is 44.8 Å². The molecule has 0 radical (unpaired) electrons. The minimum Gasteiger partial charge on any atom is -0.435 e. The first-order valence-corrected chi connectivity index (χ1v) is 16.9. The van der Waals surface area contributed by atoms with Crippen LogP contribution in [0.15, 0.2) is 199 Å². The lowest BCUT2D eigenvalue weighted by atomic mass is 9.98. The lowest BCUT2D eigenvalue weighted by Gasteiger charge is -2.26. The fourth-order valence-corrected chi connectivity index (χ4v) is 6.71. The Hall–Kier alpha value is -6.71. The van der Waals surface area contributed by atoms with E-state index in [0.717, 1.165) is 44.5 Å². The van der Waals surface area contributed by atoms with E-state index >= 15 is 0 Å². The van der Waals surface area contributed by atoms with Gasteiger partial charge in [-0.3, -0.25) is 0 Å². The van der Waals surface area contributed by atoms with Crippen molar-refractivity contribution in [3.63, 3.8) is 0 Å². The maximum Gasteiger partial charge on any atom is 0.227 e. The summed E-state index contributed by atoms with van der Waals surface area (Å²) >= 11 is 0. The molecule has 0 saturated heterocycles. The second-order valence-corrected chi connectivity index (χ2v) is 12.4. The van der Waals surface area contributed by atoms with Gasteiger partial charge in [-0.2, -0.15) is 0 Å². The van der Waals surface area contributed by atoms with Crippen LogP contribution in [0.1, 0.15) is 0 Å². The predicted molar refractivity (Wildman–Crippen MR) is 208 cm³/mol. The van der Waals surface area contributed by atoms with Gasteiger partial charge in [-0.1, -0.05) is 127 Å². The van der Waals surface area contributed by atoms with Gasteiger partial charge in [0.2, 0.25) is 5.89 Å². The Morgan fingerprint density at radius 1 is 0.360 bits per heavy atom. The Kier molecular flexibility index (Phi) is 7.49. The van der Waals surface area contributed by atoms with Crippen molar-refractivity contribution in [2.24, 2.45) is 0 Å². The third kappa shape index (κ3) is 5.61. The molecule has 1 aromatic heterocycles. The highest BCUT2D eigenvalue weighted by molar-refractivity contribution is 6.04. The van der Waals surface area contributed by atoms with Crippen molar-refractivity contribution < 1.29 is 4.42 Å². The second-order valence-electron chi connectivity index (χ2n) is 12.4. The zero-order chi connectivity index (χ0) is 33.3. The van der Waals surface area contributed by atoms with Gasteiger partial charge in [-0.15, -0.1) is 0 Å². The van der Waals surface area contributed by atoms with E-state index < -0.39 is 0 Å². The van der Waals surface area contributed by atoms with Crippen molar-refractivity contribution in [3.05, 3.63) is 194 Å². The Morgan fingerprint density at radius 3 is 1.38 bits per heavy atom. The summed E-state index contributed by atoms with van der Waals surface area (Å²) in [5, 5.41) is 2.19. The van der Waals surface area contributed by atoms with Gasteiger partial charge in [0, 0.05) is 28.0 Å². The number of hydrogen-bond donors (Lipinski definition) is 0. The van der Waals surface area contributed by atoms with Crippen molar-refractivity contribution in [1.82, 2.24) is 4.98 Å². The lowest BCUT2D eigenvalue weighted by Crippen LogP contribution is -2.09. The van der Waals surface area contributed by atoms with Crippen LogP contribution in [0.3, 0.4) is 0 Å².